The van der Waals surface area contributed by atoms with Crippen molar-refractivity contribution in [3.63, 3.8) is 0 Å². The molecule has 0 aliphatic carbocycles. The molecular weight excluding hydrogens is 212 g/mol. The quantitative estimate of drug-likeness (QED) is 0.788. The maximum Gasteiger partial charge on any atom is 0.111 e. The fraction of sp³-hybridized carbons (Fsp3) is 0.538. The van der Waals surface area contributed by atoms with Crippen molar-refractivity contribution in [2.75, 3.05) is 0 Å². The van der Waals surface area contributed by atoms with E-state index in [1.54, 1.807) is 0 Å². The Kier molecular flexibility index (Phi) is 3.05. The number of rotatable bonds is 3. The maximum atomic E-state index is 4.66. The van der Waals surface area contributed by atoms with Crippen LogP contribution < -0.4 is 5.43 Å². The average Bonchev–Trinajstić information content (AvgIpc) is 2.81. The molecule has 0 amide bonds. The molecule has 2 heterocycles. The monoisotopic (exact) mass is 231 g/mol. The zero-order valence-corrected chi connectivity index (χ0v) is 11.2. The van der Waals surface area contributed by atoms with Crippen molar-refractivity contribution in [1.82, 2.24) is 15.2 Å². The van der Waals surface area contributed by atoms with Crippen LogP contribution in [0.5, 0.6) is 0 Å². The van der Waals surface area contributed by atoms with E-state index < -0.39 is 0 Å². The minimum atomic E-state index is 0.441. The number of allylic oxidation sites excluding steroid dienone is 2. The fourth-order valence-corrected chi connectivity index (χ4v) is 1.96. The van der Waals surface area contributed by atoms with E-state index in [0.29, 0.717) is 5.92 Å². The molecule has 0 N–H and O–H groups in total. The third kappa shape index (κ3) is 1.99. The molecule has 1 aromatic heterocycles. The molecule has 0 saturated carbocycles. The molecule has 4 heteroatoms. The molecule has 91 valence electrons. The number of hydrogen-bond donors (Lipinski definition) is 0. The van der Waals surface area contributed by atoms with Crippen molar-refractivity contribution >= 4 is 11.4 Å². The summed E-state index contributed by atoms with van der Waals surface area (Å²) in [6.45, 7) is 10.5. The van der Waals surface area contributed by atoms with Gasteiger partial charge in [0.25, 0.3) is 0 Å². The van der Waals surface area contributed by atoms with Crippen molar-refractivity contribution in [2.45, 2.75) is 47.0 Å². The topological polar surface area (TPSA) is 44.3 Å². The Balaban J connectivity index is 2.50. The summed E-state index contributed by atoms with van der Waals surface area (Å²) in [4.78, 5) is 0. The Hall–Kier alpha value is -1.58. The summed E-state index contributed by atoms with van der Waals surface area (Å²) < 4.78 is 1.98. The van der Waals surface area contributed by atoms with E-state index in [4.69, 9.17) is 0 Å². The smallest absolute Gasteiger partial charge is 0.111 e. The van der Waals surface area contributed by atoms with Gasteiger partial charge in [-0.25, -0.2) is 4.68 Å². The lowest BCUT2D eigenvalue weighted by molar-refractivity contribution is 0.764. The molecule has 4 nitrogen and oxygen atoms in total. The van der Waals surface area contributed by atoms with Crippen molar-refractivity contribution in [1.29, 1.82) is 0 Å². The highest BCUT2D eigenvalue weighted by Crippen LogP contribution is 2.23. The van der Waals surface area contributed by atoms with Gasteiger partial charge in [-0.2, -0.15) is 15.6 Å². The fourth-order valence-electron chi connectivity index (χ4n) is 1.96. The van der Waals surface area contributed by atoms with Crippen molar-refractivity contribution in [3.05, 3.63) is 23.2 Å². The molecule has 0 spiro atoms. The van der Waals surface area contributed by atoms with Gasteiger partial charge in [-0.3, -0.25) is 0 Å². The van der Waals surface area contributed by atoms with Gasteiger partial charge in [-0.15, -0.1) is 0 Å². The maximum absolute atomic E-state index is 4.66. The van der Waals surface area contributed by atoms with Crippen LogP contribution in [0.3, 0.4) is 0 Å². The summed E-state index contributed by atoms with van der Waals surface area (Å²) in [5.41, 5.74) is 9.47. The lowest BCUT2D eigenvalue weighted by Crippen LogP contribution is -2.09. The molecule has 0 atom stereocenters. The molecule has 0 aromatic carbocycles. The van der Waals surface area contributed by atoms with Crippen LogP contribution in [0, 0.1) is 6.92 Å². The van der Waals surface area contributed by atoms with Crippen LogP contribution in [0.2, 0.25) is 0 Å². The van der Waals surface area contributed by atoms with Gasteiger partial charge in [0.1, 0.15) is 5.70 Å². The molecule has 1 aliphatic heterocycles. The number of aryl methyl sites for hydroxylation is 1. The van der Waals surface area contributed by atoms with E-state index >= 15 is 0 Å². The highest BCUT2D eigenvalue weighted by molar-refractivity contribution is 6.19. The first-order chi connectivity index (χ1) is 8.04. The van der Waals surface area contributed by atoms with Crippen LogP contribution >= 0.6 is 0 Å². The molecule has 2 rings (SSSR count). The lowest BCUT2D eigenvalue weighted by Gasteiger charge is -2.07. The van der Waals surface area contributed by atoms with Gasteiger partial charge in [0.15, 0.2) is 0 Å². The van der Waals surface area contributed by atoms with E-state index in [-0.39, 0.29) is 0 Å². The van der Waals surface area contributed by atoms with E-state index in [2.05, 4.69) is 49.4 Å². The minimum absolute atomic E-state index is 0.441. The number of hydrogen-bond acceptors (Lipinski definition) is 2. The Morgan fingerprint density at radius 2 is 2.00 bits per heavy atom. The Morgan fingerprint density at radius 1 is 1.29 bits per heavy atom. The first-order valence-electron chi connectivity index (χ1n) is 6.10. The molecule has 0 unspecified atom stereocenters. The van der Waals surface area contributed by atoms with Crippen molar-refractivity contribution in [2.24, 2.45) is 5.10 Å². The Bertz CT molecular complexity index is 492. The predicted molar refractivity (Wildman–Crippen MR) is 69.8 cm³/mol. The molecule has 1 radical (unpaired) electrons. The summed E-state index contributed by atoms with van der Waals surface area (Å²) in [7, 11) is 0. The second-order valence-electron chi connectivity index (χ2n) is 4.71. The summed E-state index contributed by atoms with van der Waals surface area (Å²) in [6, 6.07) is 2.14. The van der Waals surface area contributed by atoms with Gasteiger partial charge < -0.3 is 0 Å². The summed E-state index contributed by atoms with van der Waals surface area (Å²) in [5, 5.41) is 8.81. The first kappa shape index (κ1) is 11.9. The summed E-state index contributed by atoms with van der Waals surface area (Å²) in [6.07, 6.45) is 0.881. The SMILES string of the molecule is CCC1=C(n2nc(C(C)C)cc2C)C(C)=N[N]1. The standard InChI is InChI=1S/C13H19N4/c1-6-11-13(10(5)14-15-11)17-9(4)7-12(16-17)8(2)3/h7-8H,6H2,1-5H3. The number of nitrogens with zero attached hydrogens (tertiary/aromatic N) is 4. The third-order valence-corrected chi connectivity index (χ3v) is 2.98. The van der Waals surface area contributed by atoms with E-state index in [9.17, 15) is 0 Å². The molecule has 1 aliphatic rings. The van der Waals surface area contributed by atoms with Gasteiger partial charge in [-0.05, 0) is 32.3 Å². The van der Waals surface area contributed by atoms with Gasteiger partial charge in [-0.1, -0.05) is 20.8 Å². The number of aromatic nitrogens is 2. The third-order valence-electron chi connectivity index (χ3n) is 2.98. The summed E-state index contributed by atoms with van der Waals surface area (Å²) in [5.74, 6) is 0.441. The van der Waals surface area contributed by atoms with E-state index in [1.807, 2.05) is 11.6 Å². The van der Waals surface area contributed by atoms with Gasteiger partial charge in [0.05, 0.1) is 17.1 Å². The molecule has 0 bridgehead atoms. The van der Waals surface area contributed by atoms with Crippen LogP contribution in [0.1, 0.15) is 51.4 Å². The van der Waals surface area contributed by atoms with Crippen molar-refractivity contribution < 1.29 is 0 Å². The van der Waals surface area contributed by atoms with Crippen LogP contribution in [-0.2, 0) is 0 Å². The zero-order valence-electron chi connectivity index (χ0n) is 11.2. The first-order valence-corrected chi connectivity index (χ1v) is 6.10. The highest BCUT2D eigenvalue weighted by Gasteiger charge is 2.21. The molecular formula is C13H19N4. The van der Waals surface area contributed by atoms with E-state index in [1.165, 1.54) is 0 Å². The second-order valence-corrected chi connectivity index (χ2v) is 4.71. The van der Waals surface area contributed by atoms with Crippen LogP contribution in [0.25, 0.3) is 5.70 Å². The Morgan fingerprint density at radius 3 is 2.53 bits per heavy atom. The lowest BCUT2D eigenvalue weighted by atomic mass is 10.1. The normalized spacial score (nSPS) is 15.5. The van der Waals surface area contributed by atoms with Crippen LogP contribution in [0.4, 0.5) is 0 Å². The average molecular weight is 231 g/mol. The molecule has 1 aromatic rings. The predicted octanol–water partition coefficient (Wildman–Crippen LogP) is 2.89. The van der Waals surface area contributed by atoms with Gasteiger partial charge in [0.2, 0.25) is 0 Å². The second kappa shape index (κ2) is 4.35. The highest BCUT2D eigenvalue weighted by atomic mass is 15.4. The molecule has 17 heavy (non-hydrogen) atoms. The minimum Gasteiger partial charge on any atom is -0.234 e. The zero-order chi connectivity index (χ0) is 12.6. The van der Waals surface area contributed by atoms with Gasteiger partial charge >= 0.3 is 0 Å². The molecule has 0 fully saturated rings. The van der Waals surface area contributed by atoms with Crippen molar-refractivity contribution in [3.8, 4) is 0 Å². The summed E-state index contributed by atoms with van der Waals surface area (Å²) >= 11 is 0. The molecule has 0 saturated heterocycles. The van der Waals surface area contributed by atoms with E-state index in [0.717, 1.165) is 34.9 Å². The largest absolute Gasteiger partial charge is 0.234 e. The van der Waals surface area contributed by atoms with Crippen LogP contribution in [-0.4, -0.2) is 15.5 Å². The van der Waals surface area contributed by atoms with Gasteiger partial charge in [0, 0.05) is 5.69 Å². The Labute approximate surface area is 102 Å². The van der Waals surface area contributed by atoms with Crippen LogP contribution in [0.15, 0.2) is 16.9 Å².